The first-order valence-corrected chi connectivity index (χ1v) is 6.55. The summed E-state index contributed by atoms with van der Waals surface area (Å²) in [5.74, 6) is -0.132. The summed E-state index contributed by atoms with van der Waals surface area (Å²) in [6, 6.07) is -0.458. The normalized spacial score (nSPS) is 17.3. The van der Waals surface area contributed by atoms with Gasteiger partial charge in [-0.25, -0.2) is 18.6 Å². The summed E-state index contributed by atoms with van der Waals surface area (Å²) in [4.78, 5) is 12.5. The first-order valence-electron chi connectivity index (χ1n) is 4.73. The number of nitrogens with zero attached hydrogens (tertiary/aromatic N) is 2. The van der Waals surface area contributed by atoms with E-state index < -0.39 is 15.9 Å². The summed E-state index contributed by atoms with van der Waals surface area (Å²) >= 11 is 0. The van der Waals surface area contributed by atoms with E-state index in [1.165, 1.54) is 4.90 Å². The number of amides is 2. The Kier molecular flexibility index (Phi) is 3.67. The van der Waals surface area contributed by atoms with Crippen molar-refractivity contribution in [1.82, 2.24) is 10.3 Å². The summed E-state index contributed by atoms with van der Waals surface area (Å²) in [5.41, 5.74) is 2.95. The zero-order valence-electron chi connectivity index (χ0n) is 8.86. The molecule has 6 nitrogen and oxygen atoms in total. The number of sulfone groups is 1. The third-order valence-corrected chi connectivity index (χ3v) is 3.65. The molecule has 7 heteroatoms. The van der Waals surface area contributed by atoms with E-state index in [9.17, 15) is 13.2 Å². The molecule has 0 aromatic carbocycles. The zero-order chi connectivity index (χ0) is 11.5. The van der Waals surface area contributed by atoms with Gasteiger partial charge in [-0.1, -0.05) is 6.92 Å². The van der Waals surface area contributed by atoms with Crippen LogP contribution in [0.5, 0.6) is 0 Å². The molecule has 1 aliphatic rings. The fraction of sp³-hybridized carbons (Fsp3) is 0.750. The predicted molar refractivity (Wildman–Crippen MR) is 57.3 cm³/mol. The molecule has 1 heterocycles. The van der Waals surface area contributed by atoms with E-state index in [0.29, 0.717) is 12.1 Å². The summed E-state index contributed by atoms with van der Waals surface area (Å²) < 4.78 is 23.0. The van der Waals surface area contributed by atoms with Crippen LogP contribution >= 0.6 is 0 Å². The van der Waals surface area contributed by atoms with Crippen molar-refractivity contribution in [2.75, 3.05) is 18.2 Å². The van der Waals surface area contributed by atoms with Gasteiger partial charge in [-0.2, -0.15) is 5.10 Å². The van der Waals surface area contributed by atoms with Crippen LogP contribution in [-0.2, 0) is 9.84 Å². The molecule has 0 aromatic rings. The van der Waals surface area contributed by atoms with Gasteiger partial charge in [-0.15, -0.1) is 0 Å². The minimum Gasteiger partial charge on any atom is -0.303 e. The van der Waals surface area contributed by atoms with Crippen LogP contribution in [0, 0.1) is 0 Å². The lowest BCUT2D eigenvalue weighted by molar-refractivity contribution is 0.209. The highest BCUT2D eigenvalue weighted by atomic mass is 32.2. The van der Waals surface area contributed by atoms with E-state index in [4.69, 9.17) is 0 Å². The lowest BCUT2D eigenvalue weighted by atomic mass is 10.4. The number of hydrazone groups is 1. The quantitative estimate of drug-likeness (QED) is 0.751. The Labute approximate surface area is 89.3 Å². The lowest BCUT2D eigenvalue weighted by Gasteiger charge is -2.24. The van der Waals surface area contributed by atoms with Gasteiger partial charge in [0.15, 0.2) is 9.84 Å². The fourth-order valence-corrected chi connectivity index (χ4v) is 2.75. The summed E-state index contributed by atoms with van der Waals surface area (Å²) in [5, 5.41) is 3.72. The maximum Gasteiger partial charge on any atom is 0.338 e. The van der Waals surface area contributed by atoms with Crippen molar-refractivity contribution in [3.63, 3.8) is 0 Å². The van der Waals surface area contributed by atoms with Crippen LogP contribution in [0.4, 0.5) is 4.79 Å². The van der Waals surface area contributed by atoms with Crippen LogP contribution in [0.2, 0.25) is 0 Å². The molecular formula is C8H15N3O3S. The molecule has 0 bridgehead atoms. The van der Waals surface area contributed by atoms with E-state index in [1.807, 2.05) is 0 Å². The lowest BCUT2D eigenvalue weighted by Crippen LogP contribution is -2.47. The van der Waals surface area contributed by atoms with Crippen molar-refractivity contribution in [3.8, 4) is 0 Å². The third kappa shape index (κ3) is 3.50. The second kappa shape index (κ2) is 4.61. The van der Waals surface area contributed by atoms with Crippen LogP contribution in [-0.4, -0.2) is 43.2 Å². The second-order valence-electron chi connectivity index (χ2n) is 3.54. The van der Waals surface area contributed by atoms with Gasteiger partial charge in [0.2, 0.25) is 0 Å². The highest BCUT2D eigenvalue weighted by molar-refractivity contribution is 7.91. The number of carbonyl (C=O) groups is 1. The van der Waals surface area contributed by atoms with Gasteiger partial charge in [0, 0.05) is 0 Å². The highest BCUT2D eigenvalue weighted by Crippen LogP contribution is 2.03. The molecule has 0 radical (unpaired) electrons. The van der Waals surface area contributed by atoms with Crippen molar-refractivity contribution < 1.29 is 13.2 Å². The van der Waals surface area contributed by atoms with Crippen molar-refractivity contribution >= 4 is 21.6 Å². The molecule has 1 N–H and O–H groups in total. The molecule has 2 amide bonds. The Hall–Kier alpha value is -1.11. The second-order valence-corrected chi connectivity index (χ2v) is 5.69. The van der Waals surface area contributed by atoms with Crippen molar-refractivity contribution in [2.45, 2.75) is 20.3 Å². The number of nitrogens with one attached hydrogen (secondary N) is 1. The molecule has 0 aliphatic carbocycles. The van der Waals surface area contributed by atoms with Gasteiger partial charge in [0.05, 0.1) is 18.0 Å². The van der Waals surface area contributed by atoms with Crippen molar-refractivity contribution in [3.05, 3.63) is 0 Å². The Morgan fingerprint density at radius 2 is 2.20 bits per heavy atom. The largest absolute Gasteiger partial charge is 0.338 e. The van der Waals surface area contributed by atoms with Gasteiger partial charge in [0.1, 0.15) is 5.88 Å². The fourth-order valence-electron chi connectivity index (χ4n) is 1.31. The highest BCUT2D eigenvalue weighted by Gasteiger charge is 2.23. The zero-order valence-corrected chi connectivity index (χ0v) is 9.67. The maximum atomic E-state index is 11.5. The minimum atomic E-state index is -3.18. The Balaban J connectivity index is 2.66. The van der Waals surface area contributed by atoms with Crippen LogP contribution < -0.4 is 5.43 Å². The smallest absolute Gasteiger partial charge is 0.303 e. The third-order valence-electron chi connectivity index (χ3n) is 1.92. The predicted octanol–water partition coefficient (Wildman–Crippen LogP) is 0.170. The van der Waals surface area contributed by atoms with Gasteiger partial charge < -0.3 is 4.90 Å². The molecule has 0 aromatic heterocycles. The standard InChI is InChI=1S/C8H15N3O3S/c1-3-4-15(13,14)6-11-5-7(2)9-10-8(11)12/h3-6H2,1-2H3,(H,10,12). The minimum absolute atomic E-state index is 0.104. The van der Waals surface area contributed by atoms with E-state index in [2.05, 4.69) is 10.5 Å². The number of urea groups is 1. The number of hydrogen-bond donors (Lipinski definition) is 1. The van der Waals surface area contributed by atoms with Gasteiger partial charge in [-0.05, 0) is 13.3 Å². The van der Waals surface area contributed by atoms with Gasteiger partial charge in [-0.3, -0.25) is 0 Å². The Bertz CT molecular complexity index is 375. The Morgan fingerprint density at radius 3 is 2.80 bits per heavy atom. The van der Waals surface area contributed by atoms with Crippen molar-refractivity contribution in [1.29, 1.82) is 0 Å². The van der Waals surface area contributed by atoms with Gasteiger partial charge >= 0.3 is 6.03 Å². The molecule has 0 saturated carbocycles. The molecule has 0 fully saturated rings. The van der Waals surface area contributed by atoms with E-state index in [-0.39, 0.29) is 18.2 Å². The molecule has 86 valence electrons. The van der Waals surface area contributed by atoms with Crippen LogP contribution in [0.1, 0.15) is 20.3 Å². The molecule has 1 rings (SSSR count). The molecular weight excluding hydrogens is 218 g/mol. The van der Waals surface area contributed by atoms with E-state index in [0.717, 1.165) is 0 Å². The van der Waals surface area contributed by atoms with Crippen LogP contribution in [0.25, 0.3) is 0 Å². The van der Waals surface area contributed by atoms with Crippen LogP contribution in [0.15, 0.2) is 5.10 Å². The monoisotopic (exact) mass is 233 g/mol. The van der Waals surface area contributed by atoms with Crippen LogP contribution in [0.3, 0.4) is 0 Å². The van der Waals surface area contributed by atoms with Gasteiger partial charge in [0.25, 0.3) is 0 Å². The van der Waals surface area contributed by atoms with Crippen molar-refractivity contribution in [2.24, 2.45) is 5.10 Å². The molecule has 1 aliphatic heterocycles. The van der Waals surface area contributed by atoms with E-state index >= 15 is 0 Å². The topological polar surface area (TPSA) is 78.8 Å². The molecule has 0 spiro atoms. The maximum absolute atomic E-state index is 11.5. The summed E-state index contributed by atoms with van der Waals surface area (Å²) in [7, 11) is -3.18. The summed E-state index contributed by atoms with van der Waals surface area (Å²) in [6.45, 7) is 3.80. The molecule has 15 heavy (non-hydrogen) atoms. The average molecular weight is 233 g/mol. The first-order chi connectivity index (χ1) is 6.94. The molecule has 0 atom stereocenters. The number of hydrogen-bond acceptors (Lipinski definition) is 4. The number of carbonyl (C=O) groups excluding carboxylic acids is 1. The number of rotatable bonds is 4. The molecule has 0 saturated heterocycles. The summed E-state index contributed by atoms with van der Waals surface area (Å²) in [6.07, 6.45) is 0.560. The SMILES string of the molecule is CCCS(=O)(=O)CN1CC(C)=NNC1=O. The Morgan fingerprint density at radius 1 is 1.53 bits per heavy atom. The molecule has 0 unspecified atom stereocenters. The van der Waals surface area contributed by atoms with E-state index in [1.54, 1.807) is 13.8 Å². The average Bonchev–Trinajstić information content (AvgIpc) is 2.10. The first kappa shape index (κ1) is 12.0.